The number of benzene rings is 2. The lowest BCUT2D eigenvalue weighted by Gasteiger charge is -2.15. The molecule has 0 radical (unpaired) electrons. The van der Waals surface area contributed by atoms with Crippen molar-refractivity contribution in [1.82, 2.24) is 0 Å². The van der Waals surface area contributed by atoms with Crippen LogP contribution in [0.15, 0.2) is 42.5 Å². The largest absolute Gasteiger partial charge is 0.366 e. The zero-order chi connectivity index (χ0) is 17.3. The first-order valence-corrected chi connectivity index (χ1v) is 7.58. The normalized spacial score (nSPS) is 12.6. The summed E-state index contributed by atoms with van der Waals surface area (Å²) in [5.74, 6) is -0.789. The molecule has 0 bridgehead atoms. The summed E-state index contributed by atoms with van der Waals surface area (Å²) in [7, 11) is 0. The molecule has 24 heavy (non-hydrogen) atoms. The highest BCUT2D eigenvalue weighted by Crippen LogP contribution is 2.30. The molecule has 0 atom stereocenters. The number of rotatable bonds is 3. The summed E-state index contributed by atoms with van der Waals surface area (Å²) in [6, 6.07) is 11.6. The maximum absolute atomic E-state index is 12.3. The van der Waals surface area contributed by atoms with Crippen LogP contribution in [0.3, 0.4) is 0 Å². The van der Waals surface area contributed by atoms with Crippen LogP contribution in [0.1, 0.15) is 33.2 Å². The van der Waals surface area contributed by atoms with Crippen molar-refractivity contribution in [1.29, 1.82) is 0 Å². The average molecular weight is 323 g/mol. The Morgan fingerprint density at radius 2 is 1.71 bits per heavy atom. The average Bonchev–Trinajstić information content (AvgIpc) is 2.98. The minimum absolute atomic E-state index is 0.0140. The molecular weight excluding hydrogens is 306 g/mol. The van der Waals surface area contributed by atoms with Gasteiger partial charge in [0.25, 0.3) is 5.91 Å². The fraction of sp³-hybridized carbons (Fsp3) is 0.167. The topological polar surface area (TPSA) is 92.5 Å². The fourth-order valence-electron chi connectivity index (χ4n) is 2.80. The van der Waals surface area contributed by atoms with E-state index in [2.05, 4.69) is 5.32 Å². The number of hydrogen-bond donors (Lipinski definition) is 2. The van der Waals surface area contributed by atoms with Crippen LogP contribution >= 0.6 is 0 Å². The molecule has 2 aromatic rings. The van der Waals surface area contributed by atoms with Gasteiger partial charge in [-0.3, -0.25) is 14.4 Å². The van der Waals surface area contributed by atoms with Gasteiger partial charge in [0, 0.05) is 36.0 Å². The number of anilines is 2. The van der Waals surface area contributed by atoms with Crippen LogP contribution in [0.25, 0.3) is 0 Å². The quantitative estimate of drug-likeness (QED) is 0.904. The van der Waals surface area contributed by atoms with Gasteiger partial charge in [-0.2, -0.15) is 0 Å². The summed E-state index contributed by atoms with van der Waals surface area (Å²) in [6.07, 6.45) is 0.770. The van der Waals surface area contributed by atoms with E-state index in [1.54, 1.807) is 30.0 Å². The second-order valence-electron chi connectivity index (χ2n) is 5.66. The van der Waals surface area contributed by atoms with E-state index in [9.17, 15) is 14.4 Å². The predicted molar refractivity (Wildman–Crippen MR) is 91.1 cm³/mol. The van der Waals surface area contributed by atoms with Crippen molar-refractivity contribution in [3.05, 3.63) is 59.2 Å². The van der Waals surface area contributed by atoms with Crippen molar-refractivity contribution >= 4 is 29.1 Å². The molecule has 0 fully saturated rings. The van der Waals surface area contributed by atoms with Crippen LogP contribution < -0.4 is 16.0 Å². The van der Waals surface area contributed by atoms with E-state index in [0.29, 0.717) is 23.4 Å². The van der Waals surface area contributed by atoms with E-state index >= 15 is 0 Å². The molecule has 1 aliphatic rings. The Morgan fingerprint density at radius 1 is 1.04 bits per heavy atom. The highest BCUT2D eigenvalue weighted by molar-refractivity contribution is 6.05. The number of amides is 3. The smallest absolute Gasteiger partial charge is 0.255 e. The van der Waals surface area contributed by atoms with Crippen LogP contribution in [0, 0.1) is 0 Å². The first-order chi connectivity index (χ1) is 11.5. The SMILES string of the molecule is CC(=O)N1CCc2cc(NC(=O)c3ccc(C(N)=O)cc3)ccc21. The number of nitrogens with zero attached hydrogens (tertiary/aromatic N) is 1. The van der Waals surface area contributed by atoms with Crippen LogP contribution in [0.5, 0.6) is 0 Å². The Balaban J connectivity index is 1.76. The van der Waals surface area contributed by atoms with Crippen molar-refractivity contribution in [2.45, 2.75) is 13.3 Å². The summed E-state index contributed by atoms with van der Waals surface area (Å²) in [5, 5.41) is 2.82. The second-order valence-corrected chi connectivity index (χ2v) is 5.66. The van der Waals surface area contributed by atoms with Crippen LogP contribution in [0.4, 0.5) is 11.4 Å². The third-order valence-electron chi connectivity index (χ3n) is 4.04. The standard InChI is InChI=1S/C18H17N3O3/c1-11(22)21-9-8-14-10-15(6-7-16(14)21)20-18(24)13-4-2-12(3-5-13)17(19)23/h2-7,10H,8-9H2,1H3,(H2,19,23)(H,20,24). The molecular formula is C18H17N3O3. The molecule has 0 aromatic heterocycles. The number of carbonyl (C=O) groups excluding carboxylic acids is 3. The Hall–Kier alpha value is -3.15. The van der Waals surface area contributed by atoms with Gasteiger partial charge in [-0.05, 0) is 54.4 Å². The van der Waals surface area contributed by atoms with E-state index in [-0.39, 0.29) is 11.8 Å². The molecule has 1 heterocycles. The molecule has 0 aliphatic carbocycles. The van der Waals surface area contributed by atoms with Crippen LogP contribution in [-0.4, -0.2) is 24.3 Å². The zero-order valence-corrected chi connectivity index (χ0v) is 13.2. The molecule has 0 spiro atoms. The number of hydrogen-bond acceptors (Lipinski definition) is 3. The van der Waals surface area contributed by atoms with E-state index in [1.165, 1.54) is 12.1 Å². The van der Waals surface area contributed by atoms with E-state index in [0.717, 1.165) is 17.7 Å². The number of carbonyl (C=O) groups is 3. The van der Waals surface area contributed by atoms with Gasteiger partial charge in [0.1, 0.15) is 0 Å². The highest BCUT2D eigenvalue weighted by atomic mass is 16.2. The lowest BCUT2D eigenvalue weighted by Crippen LogP contribution is -2.25. The fourth-order valence-corrected chi connectivity index (χ4v) is 2.80. The van der Waals surface area contributed by atoms with Gasteiger partial charge in [-0.1, -0.05) is 0 Å². The molecule has 2 aromatic carbocycles. The summed E-state index contributed by atoms with van der Waals surface area (Å²) in [4.78, 5) is 36.6. The van der Waals surface area contributed by atoms with Crippen molar-refractivity contribution in [3.8, 4) is 0 Å². The van der Waals surface area contributed by atoms with E-state index in [1.807, 2.05) is 12.1 Å². The lowest BCUT2D eigenvalue weighted by atomic mass is 10.1. The monoisotopic (exact) mass is 323 g/mol. The first-order valence-electron chi connectivity index (χ1n) is 7.58. The minimum Gasteiger partial charge on any atom is -0.366 e. The van der Waals surface area contributed by atoms with Gasteiger partial charge in [0.15, 0.2) is 0 Å². The van der Waals surface area contributed by atoms with Gasteiger partial charge >= 0.3 is 0 Å². The van der Waals surface area contributed by atoms with Gasteiger partial charge in [-0.15, -0.1) is 0 Å². The predicted octanol–water partition coefficient (Wildman–Crippen LogP) is 1.95. The number of primary amides is 1. The van der Waals surface area contributed by atoms with E-state index in [4.69, 9.17) is 5.73 Å². The molecule has 6 heteroatoms. The van der Waals surface area contributed by atoms with Crippen molar-refractivity contribution < 1.29 is 14.4 Å². The summed E-state index contributed by atoms with van der Waals surface area (Å²) in [5.41, 5.74) is 8.57. The van der Waals surface area contributed by atoms with Gasteiger partial charge in [-0.25, -0.2) is 0 Å². The highest BCUT2D eigenvalue weighted by Gasteiger charge is 2.22. The third-order valence-corrected chi connectivity index (χ3v) is 4.04. The van der Waals surface area contributed by atoms with Gasteiger partial charge < -0.3 is 16.0 Å². The number of nitrogens with one attached hydrogen (secondary N) is 1. The Bertz CT molecular complexity index is 828. The summed E-state index contributed by atoms with van der Waals surface area (Å²) >= 11 is 0. The van der Waals surface area contributed by atoms with E-state index < -0.39 is 5.91 Å². The molecule has 3 rings (SSSR count). The maximum Gasteiger partial charge on any atom is 0.255 e. The van der Waals surface area contributed by atoms with Crippen LogP contribution in [-0.2, 0) is 11.2 Å². The molecule has 0 saturated carbocycles. The molecule has 1 aliphatic heterocycles. The van der Waals surface area contributed by atoms with Gasteiger partial charge in [0.2, 0.25) is 11.8 Å². The molecule has 3 N–H and O–H groups in total. The van der Waals surface area contributed by atoms with Crippen molar-refractivity contribution in [3.63, 3.8) is 0 Å². The maximum atomic E-state index is 12.3. The second kappa shape index (κ2) is 6.16. The van der Waals surface area contributed by atoms with Crippen molar-refractivity contribution in [2.24, 2.45) is 5.73 Å². The molecule has 0 saturated heterocycles. The number of nitrogens with two attached hydrogens (primary N) is 1. The minimum atomic E-state index is -0.532. The lowest BCUT2D eigenvalue weighted by molar-refractivity contribution is -0.116. The van der Waals surface area contributed by atoms with Gasteiger partial charge in [0.05, 0.1) is 0 Å². The Labute approximate surface area is 139 Å². The van der Waals surface area contributed by atoms with Crippen molar-refractivity contribution in [2.75, 3.05) is 16.8 Å². The molecule has 122 valence electrons. The zero-order valence-electron chi connectivity index (χ0n) is 13.2. The molecule has 0 unspecified atom stereocenters. The first kappa shape index (κ1) is 15.7. The summed E-state index contributed by atoms with van der Waals surface area (Å²) in [6.45, 7) is 2.21. The Morgan fingerprint density at radius 3 is 2.33 bits per heavy atom. The third kappa shape index (κ3) is 2.99. The molecule has 6 nitrogen and oxygen atoms in total. The van der Waals surface area contributed by atoms with Crippen LogP contribution in [0.2, 0.25) is 0 Å². The summed E-state index contributed by atoms with van der Waals surface area (Å²) < 4.78 is 0. The number of fused-ring (bicyclic) bond motifs is 1. The Kier molecular flexibility index (Phi) is 4.04. The molecule has 3 amide bonds.